The zero-order valence-corrected chi connectivity index (χ0v) is 14.7. The van der Waals surface area contributed by atoms with Gasteiger partial charge < -0.3 is 10.4 Å². The number of rotatable bonds is 4. The molecule has 0 saturated carbocycles. The van der Waals surface area contributed by atoms with Crippen molar-refractivity contribution in [3.8, 4) is 5.75 Å². The second-order valence-electron chi connectivity index (χ2n) is 6.38. The van der Waals surface area contributed by atoms with Crippen molar-refractivity contribution in [3.05, 3.63) is 95.6 Å². The number of anilines is 1. The number of hydrogen-bond donors (Lipinski definition) is 2. The van der Waals surface area contributed by atoms with E-state index >= 15 is 0 Å². The molecule has 4 rings (SSSR count). The lowest BCUT2D eigenvalue weighted by atomic mass is 9.96. The fraction of sp³-hybridized carbons (Fsp3) is 0.0909. The lowest BCUT2D eigenvalue weighted by Gasteiger charge is -2.22. The van der Waals surface area contributed by atoms with Crippen molar-refractivity contribution in [1.29, 1.82) is 0 Å². The monoisotopic (exact) mass is 359 g/mol. The third kappa shape index (κ3) is 3.44. The van der Waals surface area contributed by atoms with Crippen LogP contribution in [0.5, 0.6) is 5.75 Å². The van der Waals surface area contributed by atoms with E-state index in [9.17, 15) is 9.50 Å². The minimum absolute atomic E-state index is 0.0777. The normalized spacial score (nSPS) is 12.1. The molecule has 1 atom stereocenters. The number of phenolic OH excluding ortho intramolecular Hbond substituents is 1. The summed E-state index contributed by atoms with van der Waals surface area (Å²) in [6.07, 6.45) is 1.68. The summed E-state index contributed by atoms with van der Waals surface area (Å²) in [6.45, 7) is 1.88. The molecule has 4 aromatic rings. The van der Waals surface area contributed by atoms with Crippen LogP contribution in [0.2, 0.25) is 0 Å². The van der Waals surface area contributed by atoms with Gasteiger partial charge in [-0.15, -0.1) is 0 Å². The van der Waals surface area contributed by atoms with Crippen LogP contribution in [-0.2, 0) is 0 Å². The first-order valence-electron chi connectivity index (χ1n) is 8.64. The molecular weight excluding hydrogens is 341 g/mol. The Bertz CT molecular complexity index is 1100. The Morgan fingerprint density at radius 2 is 1.85 bits per heavy atom. The standard InChI is InChI=1S/C22H18FN3O/c1-14-8-9-15-10-11-18(22(27)21(15)25-14)20(16-5-4-6-17(23)13-16)26-19-7-2-3-12-24-19/h2-13,20,27H,1H3,(H,24,26). The summed E-state index contributed by atoms with van der Waals surface area (Å²) in [5, 5.41) is 15.1. The summed E-state index contributed by atoms with van der Waals surface area (Å²) in [5.74, 6) is 0.368. The van der Waals surface area contributed by atoms with Crippen LogP contribution in [0, 0.1) is 12.7 Å². The minimum atomic E-state index is -0.484. The molecule has 0 radical (unpaired) electrons. The topological polar surface area (TPSA) is 58.0 Å². The molecular formula is C22H18FN3O. The van der Waals surface area contributed by atoms with E-state index in [2.05, 4.69) is 15.3 Å². The molecule has 2 aromatic heterocycles. The number of pyridine rings is 2. The van der Waals surface area contributed by atoms with E-state index in [0.29, 0.717) is 22.5 Å². The van der Waals surface area contributed by atoms with Gasteiger partial charge in [-0.05, 0) is 42.8 Å². The number of aryl methyl sites for hydroxylation is 1. The molecule has 4 nitrogen and oxygen atoms in total. The van der Waals surface area contributed by atoms with Gasteiger partial charge in [0, 0.05) is 22.8 Å². The molecule has 2 aromatic carbocycles. The van der Waals surface area contributed by atoms with Crippen molar-refractivity contribution >= 4 is 16.7 Å². The third-order valence-corrected chi connectivity index (χ3v) is 4.46. The summed E-state index contributed by atoms with van der Waals surface area (Å²) >= 11 is 0. The lowest BCUT2D eigenvalue weighted by Crippen LogP contribution is -2.14. The molecule has 2 heterocycles. The average Bonchev–Trinajstić information content (AvgIpc) is 2.68. The molecule has 0 aliphatic rings. The highest BCUT2D eigenvalue weighted by atomic mass is 19.1. The molecule has 0 aliphatic carbocycles. The van der Waals surface area contributed by atoms with Gasteiger partial charge in [0.15, 0.2) is 0 Å². The van der Waals surface area contributed by atoms with E-state index in [1.807, 2.05) is 55.5 Å². The van der Waals surface area contributed by atoms with Gasteiger partial charge in [-0.25, -0.2) is 14.4 Å². The molecule has 134 valence electrons. The first-order valence-corrected chi connectivity index (χ1v) is 8.64. The molecule has 0 bridgehead atoms. The zero-order valence-electron chi connectivity index (χ0n) is 14.7. The Kier molecular flexibility index (Phi) is 4.42. The summed E-state index contributed by atoms with van der Waals surface area (Å²) in [5.41, 5.74) is 2.63. The highest BCUT2D eigenvalue weighted by molar-refractivity contribution is 5.86. The van der Waals surface area contributed by atoms with Gasteiger partial charge in [0.2, 0.25) is 0 Å². The predicted octanol–water partition coefficient (Wildman–Crippen LogP) is 4.98. The van der Waals surface area contributed by atoms with Gasteiger partial charge in [0.25, 0.3) is 0 Å². The average molecular weight is 359 g/mol. The maximum Gasteiger partial charge on any atom is 0.147 e. The van der Waals surface area contributed by atoms with Gasteiger partial charge >= 0.3 is 0 Å². The maximum atomic E-state index is 13.9. The number of hydrogen-bond acceptors (Lipinski definition) is 4. The van der Waals surface area contributed by atoms with E-state index < -0.39 is 6.04 Å². The lowest BCUT2D eigenvalue weighted by molar-refractivity contribution is 0.471. The van der Waals surface area contributed by atoms with Gasteiger partial charge in [-0.3, -0.25) is 0 Å². The van der Waals surface area contributed by atoms with E-state index in [1.165, 1.54) is 12.1 Å². The number of nitrogens with one attached hydrogen (secondary N) is 1. The molecule has 0 saturated heterocycles. The molecule has 5 heteroatoms. The maximum absolute atomic E-state index is 13.9. The van der Waals surface area contributed by atoms with Crippen molar-refractivity contribution in [3.63, 3.8) is 0 Å². The number of halogens is 1. The van der Waals surface area contributed by atoms with Crippen molar-refractivity contribution in [2.24, 2.45) is 0 Å². The molecule has 0 spiro atoms. The molecule has 0 aliphatic heterocycles. The first kappa shape index (κ1) is 17.0. The van der Waals surface area contributed by atoms with Gasteiger partial charge in [-0.1, -0.05) is 36.4 Å². The quantitative estimate of drug-likeness (QED) is 0.539. The second-order valence-corrected chi connectivity index (χ2v) is 6.38. The summed E-state index contributed by atoms with van der Waals surface area (Å²) in [6, 6.07) is 18.9. The molecule has 0 fully saturated rings. The molecule has 27 heavy (non-hydrogen) atoms. The smallest absolute Gasteiger partial charge is 0.147 e. The van der Waals surface area contributed by atoms with Crippen LogP contribution >= 0.6 is 0 Å². The number of benzene rings is 2. The second kappa shape index (κ2) is 7.03. The Morgan fingerprint density at radius 1 is 1.00 bits per heavy atom. The Hall–Kier alpha value is -3.47. The summed E-state index contributed by atoms with van der Waals surface area (Å²) in [4.78, 5) is 8.76. The SMILES string of the molecule is Cc1ccc2ccc(C(Nc3ccccn3)c3cccc(F)c3)c(O)c2n1. The summed E-state index contributed by atoms with van der Waals surface area (Å²) < 4.78 is 13.9. The van der Waals surface area contributed by atoms with E-state index in [-0.39, 0.29) is 11.6 Å². The number of phenols is 1. The highest BCUT2D eigenvalue weighted by Crippen LogP contribution is 2.36. The first-order chi connectivity index (χ1) is 13.1. The van der Waals surface area contributed by atoms with Gasteiger partial charge in [-0.2, -0.15) is 0 Å². The van der Waals surface area contributed by atoms with Crippen molar-refractivity contribution in [1.82, 2.24) is 9.97 Å². The van der Waals surface area contributed by atoms with Crippen LogP contribution in [-0.4, -0.2) is 15.1 Å². The van der Waals surface area contributed by atoms with Crippen LogP contribution in [0.4, 0.5) is 10.2 Å². The van der Waals surface area contributed by atoms with E-state index in [4.69, 9.17) is 0 Å². The highest BCUT2D eigenvalue weighted by Gasteiger charge is 2.21. The Balaban J connectivity index is 1.87. The number of aromatic nitrogens is 2. The van der Waals surface area contributed by atoms with Crippen LogP contribution in [0.25, 0.3) is 10.9 Å². The largest absolute Gasteiger partial charge is 0.505 e. The summed E-state index contributed by atoms with van der Waals surface area (Å²) in [7, 11) is 0. The fourth-order valence-corrected chi connectivity index (χ4v) is 3.14. The Labute approximate surface area is 156 Å². The molecule has 0 amide bonds. The predicted molar refractivity (Wildman–Crippen MR) is 104 cm³/mol. The zero-order chi connectivity index (χ0) is 18.8. The minimum Gasteiger partial charge on any atom is -0.505 e. The van der Waals surface area contributed by atoms with Gasteiger partial charge in [0.1, 0.15) is 22.9 Å². The Morgan fingerprint density at radius 3 is 2.63 bits per heavy atom. The molecule has 2 N–H and O–H groups in total. The number of fused-ring (bicyclic) bond motifs is 1. The van der Waals surface area contributed by atoms with E-state index in [0.717, 1.165) is 11.1 Å². The van der Waals surface area contributed by atoms with Crippen molar-refractivity contribution < 1.29 is 9.50 Å². The number of nitrogens with zero attached hydrogens (tertiary/aromatic N) is 2. The van der Waals surface area contributed by atoms with Crippen molar-refractivity contribution in [2.75, 3.05) is 5.32 Å². The van der Waals surface area contributed by atoms with E-state index in [1.54, 1.807) is 12.3 Å². The van der Waals surface area contributed by atoms with Gasteiger partial charge in [0.05, 0.1) is 6.04 Å². The van der Waals surface area contributed by atoms with Crippen LogP contribution in [0.15, 0.2) is 72.9 Å². The fourth-order valence-electron chi connectivity index (χ4n) is 3.14. The third-order valence-electron chi connectivity index (χ3n) is 4.46. The number of aromatic hydroxyl groups is 1. The van der Waals surface area contributed by atoms with Crippen molar-refractivity contribution in [2.45, 2.75) is 13.0 Å². The van der Waals surface area contributed by atoms with Crippen LogP contribution in [0.3, 0.4) is 0 Å². The van der Waals surface area contributed by atoms with Crippen LogP contribution in [0.1, 0.15) is 22.9 Å². The molecule has 1 unspecified atom stereocenters. The van der Waals surface area contributed by atoms with Crippen LogP contribution < -0.4 is 5.32 Å².